The van der Waals surface area contributed by atoms with Crippen LogP contribution in [0.25, 0.3) is 10.9 Å². The van der Waals surface area contributed by atoms with Crippen LogP contribution >= 0.6 is 0 Å². The number of para-hydroxylation sites is 1. The maximum Gasteiger partial charge on any atom is 0.253 e. The van der Waals surface area contributed by atoms with E-state index >= 15 is 0 Å². The molecule has 2 N–H and O–H groups in total. The first kappa shape index (κ1) is 18.4. The summed E-state index contributed by atoms with van der Waals surface area (Å²) in [5, 5.41) is 4.45. The van der Waals surface area contributed by atoms with Crippen LogP contribution in [0.1, 0.15) is 34.8 Å². The van der Waals surface area contributed by atoms with Gasteiger partial charge in [0.25, 0.3) is 5.91 Å². The number of hydrogen-bond donors (Lipinski definition) is 2. The molecule has 0 radical (unpaired) electrons. The minimum absolute atomic E-state index is 0.0964. The van der Waals surface area contributed by atoms with Gasteiger partial charge in [-0.25, -0.2) is 9.97 Å². The number of amides is 1. The highest BCUT2D eigenvalue weighted by molar-refractivity contribution is 5.98. The van der Waals surface area contributed by atoms with Gasteiger partial charge in [-0.05, 0) is 48.6 Å². The highest BCUT2D eigenvalue weighted by atomic mass is 16.2. The van der Waals surface area contributed by atoms with E-state index in [1.165, 1.54) is 0 Å². The fourth-order valence-electron chi connectivity index (χ4n) is 4.08. The van der Waals surface area contributed by atoms with Gasteiger partial charge in [0.05, 0.1) is 0 Å². The molecule has 3 heterocycles. The number of carbonyl (C=O) groups is 1. The number of benzene rings is 2. The van der Waals surface area contributed by atoms with Crippen LogP contribution in [0.4, 0.5) is 11.5 Å². The lowest BCUT2D eigenvalue weighted by atomic mass is 9.93. The van der Waals surface area contributed by atoms with E-state index in [1.54, 1.807) is 6.33 Å². The van der Waals surface area contributed by atoms with Gasteiger partial charge in [0.2, 0.25) is 0 Å². The summed E-state index contributed by atoms with van der Waals surface area (Å²) >= 11 is 0. The van der Waals surface area contributed by atoms with Crippen molar-refractivity contribution in [2.45, 2.75) is 18.8 Å². The van der Waals surface area contributed by atoms with Crippen molar-refractivity contribution in [1.82, 2.24) is 19.9 Å². The van der Waals surface area contributed by atoms with Gasteiger partial charge >= 0.3 is 0 Å². The van der Waals surface area contributed by atoms with E-state index < -0.39 is 0 Å². The highest BCUT2D eigenvalue weighted by Crippen LogP contribution is 2.29. The lowest BCUT2D eigenvalue weighted by Gasteiger charge is -2.32. The summed E-state index contributed by atoms with van der Waals surface area (Å²) in [7, 11) is 0. The van der Waals surface area contributed by atoms with Crippen LogP contribution in [0.15, 0.2) is 73.2 Å². The Kier molecular flexibility index (Phi) is 4.89. The van der Waals surface area contributed by atoms with Crippen LogP contribution in [-0.2, 0) is 0 Å². The molecule has 4 aromatic rings. The molecule has 1 amide bonds. The molecule has 0 bridgehead atoms. The van der Waals surface area contributed by atoms with E-state index in [-0.39, 0.29) is 5.91 Å². The lowest BCUT2D eigenvalue weighted by Crippen LogP contribution is -2.38. The van der Waals surface area contributed by atoms with Gasteiger partial charge in [0.15, 0.2) is 0 Å². The number of rotatable bonds is 4. The van der Waals surface area contributed by atoms with Crippen LogP contribution < -0.4 is 5.32 Å². The molecule has 1 aliphatic heterocycles. The Labute approximate surface area is 175 Å². The third-order valence-corrected chi connectivity index (χ3v) is 5.74. The average molecular weight is 397 g/mol. The van der Waals surface area contributed by atoms with E-state index in [4.69, 9.17) is 0 Å². The number of carbonyl (C=O) groups excluding carboxylic acids is 1. The summed E-state index contributed by atoms with van der Waals surface area (Å²) in [4.78, 5) is 26.9. The zero-order valence-corrected chi connectivity index (χ0v) is 16.6. The first-order valence-corrected chi connectivity index (χ1v) is 10.3. The topological polar surface area (TPSA) is 73.9 Å². The molecule has 1 aliphatic rings. The van der Waals surface area contributed by atoms with Crippen molar-refractivity contribution in [3.8, 4) is 0 Å². The van der Waals surface area contributed by atoms with Gasteiger partial charge in [0, 0.05) is 53.7 Å². The van der Waals surface area contributed by atoms with Crippen LogP contribution in [0, 0.1) is 0 Å². The fourth-order valence-corrected chi connectivity index (χ4v) is 4.08. The average Bonchev–Trinajstić information content (AvgIpc) is 3.28. The largest absolute Gasteiger partial charge is 0.361 e. The van der Waals surface area contributed by atoms with Crippen molar-refractivity contribution in [1.29, 1.82) is 0 Å². The van der Waals surface area contributed by atoms with Gasteiger partial charge in [-0.2, -0.15) is 0 Å². The first-order chi connectivity index (χ1) is 14.8. The molecule has 5 rings (SSSR count). The van der Waals surface area contributed by atoms with Crippen molar-refractivity contribution in [3.63, 3.8) is 0 Å². The van der Waals surface area contributed by atoms with Gasteiger partial charge in [-0.3, -0.25) is 4.79 Å². The summed E-state index contributed by atoms with van der Waals surface area (Å²) < 4.78 is 0. The number of nitrogens with zero attached hydrogens (tertiary/aromatic N) is 3. The second-order valence-electron chi connectivity index (χ2n) is 7.67. The van der Waals surface area contributed by atoms with Crippen molar-refractivity contribution < 1.29 is 4.79 Å². The molecule has 2 aromatic heterocycles. The SMILES string of the molecule is O=C(c1ccc2cc[nH]c2c1)N1CCC(c2cc(Nc3ccccc3)ncn2)CC1. The van der Waals surface area contributed by atoms with Crippen LogP contribution in [-0.4, -0.2) is 38.8 Å². The number of anilines is 2. The molecular formula is C24H23N5O. The van der Waals surface area contributed by atoms with Crippen LogP contribution in [0.5, 0.6) is 0 Å². The van der Waals surface area contributed by atoms with E-state index in [0.29, 0.717) is 5.92 Å². The molecule has 6 nitrogen and oxygen atoms in total. The molecule has 0 aliphatic carbocycles. The Morgan fingerprint density at radius 2 is 1.83 bits per heavy atom. The van der Waals surface area contributed by atoms with Crippen molar-refractivity contribution in [3.05, 3.63) is 84.4 Å². The van der Waals surface area contributed by atoms with Gasteiger partial charge in [0.1, 0.15) is 12.1 Å². The van der Waals surface area contributed by atoms with Gasteiger partial charge < -0.3 is 15.2 Å². The maximum absolute atomic E-state index is 12.9. The molecular weight excluding hydrogens is 374 g/mol. The number of H-pyrrole nitrogens is 1. The standard InChI is InChI=1S/C24H23N5O/c30-24(19-7-6-17-8-11-25-21(17)14-19)29-12-9-18(10-13-29)22-15-23(27-16-26-22)28-20-4-2-1-3-5-20/h1-8,11,14-16,18,25H,9-10,12-13H2,(H,26,27,28). The normalized spacial score (nSPS) is 14.7. The molecule has 2 aromatic carbocycles. The number of fused-ring (bicyclic) bond motifs is 1. The molecule has 30 heavy (non-hydrogen) atoms. The minimum atomic E-state index is 0.0964. The summed E-state index contributed by atoms with van der Waals surface area (Å²) in [5.41, 5.74) is 3.76. The quantitative estimate of drug-likeness (QED) is 0.522. The number of aromatic nitrogens is 3. The van der Waals surface area contributed by atoms with Gasteiger partial charge in [-0.1, -0.05) is 24.3 Å². The number of hydrogen-bond acceptors (Lipinski definition) is 4. The number of likely N-dealkylation sites (tertiary alicyclic amines) is 1. The summed E-state index contributed by atoms with van der Waals surface area (Å²) in [6, 6.07) is 19.9. The number of piperidine rings is 1. The zero-order valence-electron chi connectivity index (χ0n) is 16.6. The zero-order chi connectivity index (χ0) is 20.3. The molecule has 0 unspecified atom stereocenters. The van der Waals surface area contributed by atoms with Crippen molar-refractivity contribution in [2.24, 2.45) is 0 Å². The van der Waals surface area contributed by atoms with Crippen LogP contribution in [0.3, 0.4) is 0 Å². The monoisotopic (exact) mass is 397 g/mol. The molecule has 0 saturated carbocycles. The second-order valence-corrected chi connectivity index (χ2v) is 7.67. The Morgan fingerprint density at radius 3 is 2.67 bits per heavy atom. The maximum atomic E-state index is 12.9. The van der Waals surface area contributed by atoms with E-state index in [0.717, 1.165) is 59.6 Å². The summed E-state index contributed by atoms with van der Waals surface area (Å²) in [5.74, 6) is 1.22. The fraction of sp³-hybridized carbons (Fsp3) is 0.208. The van der Waals surface area contributed by atoms with E-state index in [1.807, 2.05) is 71.8 Å². The predicted molar refractivity (Wildman–Crippen MR) is 118 cm³/mol. The lowest BCUT2D eigenvalue weighted by molar-refractivity contribution is 0.0712. The van der Waals surface area contributed by atoms with E-state index in [9.17, 15) is 4.79 Å². The Balaban J connectivity index is 1.24. The summed E-state index contributed by atoms with van der Waals surface area (Å²) in [6.45, 7) is 1.47. The number of nitrogens with one attached hydrogen (secondary N) is 2. The molecule has 150 valence electrons. The Hall–Kier alpha value is -3.67. The smallest absolute Gasteiger partial charge is 0.253 e. The number of aromatic amines is 1. The van der Waals surface area contributed by atoms with Crippen molar-refractivity contribution >= 4 is 28.3 Å². The predicted octanol–water partition coefficient (Wildman–Crippen LogP) is 4.72. The third-order valence-electron chi connectivity index (χ3n) is 5.74. The molecule has 6 heteroatoms. The van der Waals surface area contributed by atoms with Crippen LogP contribution in [0.2, 0.25) is 0 Å². The minimum Gasteiger partial charge on any atom is -0.361 e. The first-order valence-electron chi connectivity index (χ1n) is 10.3. The van der Waals surface area contributed by atoms with Crippen molar-refractivity contribution in [2.75, 3.05) is 18.4 Å². The van der Waals surface area contributed by atoms with E-state index in [2.05, 4.69) is 20.3 Å². The Morgan fingerprint density at radius 1 is 1.00 bits per heavy atom. The Bertz CT molecular complexity index is 1160. The molecule has 0 atom stereocenters. The summed E-state index contributed by atoms with van der Waals surface area (Å²) in [6.07, 6.45) is 5.31. The van der Waals surface area contributed by atoms with Gasteiger partial charge in [-0.15, -0.1) is 0 Å². The second kappa shape index (κ2) is 7.99. The third kappa shape index (κ3) is 3.76. The molecule has 1 saturated heterocycles. The molecule has 0 spiro atoms. The highest BCUT2D eigenvalue weighted by Gasteiger charge is 2.25. The molecule has 1 fully saturated rings.